The summed E-state index contributed by atoms with van der Waals surface area (Å²) in [6.45, 7) is 13.0. The summed E-state index contributed by atoms with van der Waals surface area (Å²) in [6.07, 6.45) is 17.3. The summed E-state index contributed by atoms with van der Waals surface area (Å²) in [7, 11) is 0. The Bertz CT molecular complexity index is 305. The first kappa shape index (κ1) is 29.6. The van der Waals surface area contributed by atoms with E-state index in [0.29, 0.717) is 6.42 Å². The van der Waals surface area contributed by atoms with Gasteiger partial charge in [-0.2, -0.15) is 0 Å². The number of hydrogen-bond acceptors (Lipinski definition) is 3. The number of carbonyl (C=O) groups is 1. The zero-order valence-corrected chi connectivity index (χ0v) is 19.7. The fourth-order valence-electron chi connectivity index (χ4n) is 3.32. The van der Waals surface area contributed by atoms with Crippen molar-refractivity contribution in [1.82, 2.24) is 4.90 Å². The molecule has 0 aromatic rings. The van der Waals surface area contributed by atoms with E-state index in [9.17, 15) is 4.79 Å². The van der Waals surface area contributed by atoms with Crippen molar-refractivity contribution in [1.29, 1.82) is 0 Å². The normalized spacial score (nSPS) is 11.0. The molecule has 0 aliphatic heterocycles. The molecule has 0 amide bonds. The van der Waals surface area contributed by atoms with Crippen LogP contribution in [-0.4, -0.2) is 42.2 Å². The van der Waals surface area contributed by atoms with Crippen LogP contribution in [0.1, 0.15) is 118 Å². The Balaban J connectivity index is 0. The molecule has 0 unspecified atom stereocenters. The number of likely N-dealkylation sites (N-methyl/N-ethyl adjacent to an activating group) is 1. The first-order chi connectivity index (χ1) is 13.5. The summed E-state index contributed by atoms with van der Waals surface area (Å²) in [5.41, 5.74) is 5.34. The zero-order chi connectivity index (χ0) is 21.5. The van der Waals surface area contributed by atoms with Gasteiger partial charge in [0, 0.05) is 19.5 Å². The first-order valence-corrected chi connectivity index (χ1v) is 12.1. The number of carboxylic acids is 1. The van der Waals surface area contributed by atoms with Gasteiger partial charge in [0.05, 0.1) is 0 Å². The number of carboxylic acid groups (broad SMARTS) is 1. The first-order valence-electron chi connectivity index (χ1n) is 12.1. The Morgan fingerprint density at radius 2 is 1.18 bits per heavy atom. The number of unbranched alkanes of at least 4 members (excludes halogenated alkanes) is 11. The Labute approximate surface area is 176 Å². The summed E-state index contributed by atoms with van der Waals surface area (Å²) in [5, 5.41) is 8.52. The van der Waals surface area contributed by atoms with Gasteiger partial charge in [-0.3, -0.25) is 4.79 Å². The number of nitrogens with zero attached hydrogens (tertiary/aromatic N) is 1. The maximum atomic E-state index is 10.3. The van der Waals surface area contributed by atoms with Crippen LogP contribution >= 0.6 is 0 Å². The fourth-order valence-corrected chi connectivity index (χ4v) is 3.32. The highest BCUT2D eigenvalue weighted by molar-refractivity contribution is 5.66. The van der Waals surface area contributed by atoms with Crippen molar-refractivity contribution in [2.75, 3.05) is 26.2 Å². The smallest absolute Gasteiger partial charge is 0.303 e. The van der Waals surface area contributed by atoms with E-state index < -0.39 is 5.97 Å². The molecule has 170 valence electrons. The minimum absolute atomic E-state index is 0.344. The maximum Gasteiger partial charge on any atom is 0.303 e. The molecule has 0 atom stereocenters. The lowest BCUT2D eigenvalue weighted by molar-refractivity contribution is -0.137. The van der Waals surface area contributed by atoms with Gasteiger partial charge in [-0.25, -0.2) is 0 Å². The highest BCUT2D eigenvalue weighted by atomic mass is 16.4. The van der Waals surface area contributed by atoms with Crippen molar-refractivity contribution in [2.45, 2.75) is 118 Å². The molecule has 0 saturated heterocycles. The second kappa shape index (κ2) is 24.4. The largest absolute Gasteiger partial charge is 0.481 e. The third-order valence-corrected chi connectivity index (χ3v) is 5.26. The van der Waals surface area contributed by atoms with Crippen molar-refractivity contribution < 1.29 is 9.90 Å². The third-order valence-electron chi connectivity index (χ3n) is 5.26. The average molecular weight is 401 g/mol. The summed E-state index contributed by atoms with van der Waals surface area (Å²) < 4.78 is 0. The highest BCUT2D eigenvalue weighted by Gasteiger charge is 1.97. The van der Waals surface area contributed by atoms with Gasteiger partial charge in [-0.05, 0) is 25.4 Å². The molecule has 3 N–H and O–H groups in total. The second-order valence-electron chi connectivity index (χ2n) is 8.38. The van der Waals surface area contributed by atoms with Crippen LogP contribution in [0.15, 0.2) is 0 Å². The molecule has 0 radical (unpaired) electrons. The number of aliphatic carboxylic acids is 1. The highest BCUT2D eigenvalue weighted by Crippen LogP contribution is 2.14. The van der Waals surface area contributed by atoms with Crippen molar-refractivity contribution in [3.8, 4) is 0 Å². The molecule has 0 rings (SSSR count). The quantitative estimate of drug-likeness (QED) is 0.244. The summed E-state index contributed by atoms with van der Waals surface area (Å²) in [6, 6.07) is 0. The number of nitrogens with two attached hydrogens (primary N) is 1. The van der Waals surface area contributed by atoms with Crippen LogP contribution in [0.4, 0.5) is 0 Å². The predicted octanol–water partition coefficient (Wildman–Crippen LogP) is 6.48. The van der Waals surface area contributed by atoms with Gasteiger partial charge in [-0.15, -0.1) is 0 Å². The van der Waals surface area contributed by atoms with Crippen molar-refractivity contribution in [2.24, 2.45) is 11.7 Å². The predicted molar refractivity (Wildman–Crippen MR) is 124 cm³/mol. The van der Waals surface area contributed by atoms with Crippen molar-refractivity contribution in [3.63, 3.8) is 0 Å². The summed E-state index contributed by atoms with van der Waals surface area (Å²) >= 11 is 0. The third kappa shape index (κ3) is 27.6. The van der Waals surface area contributed by atoms with E-state index in [1.54, 1.807) is 0 Å². The van der Waals surface area contributed by atoms with Crippen molar-refractivity contribution >= 4 is 5.97 Å². The van der Waals surface area contributed by atoms with E-state index in [0.717, 1.165) is 44.9 Å². The summed E-state index contributed by atoms with van der Waals surface area (Å²) in [4.78, 5) is 12.6. The maximum absolute atomic E-state index is 10.3. The number of hydrogen-bond donors (Lipinski definition) is 2. The van der Waals surface area contributed by atoms with Crippen LogP contribution in [0.5, 0.6) is 0 Å². The van der Waals surface area contributed by atoms with Gasteiger partial charge in [-0.1, -0.05) is 105 Å². The fraction of sp³-hybridized carbons (Fsp3) is 0.958. The molecule has 28 heavy (non-hydrogen) atoms. The Kier molecular flexibility index (Phi) is 25.8. The SMILES string of the molecule is CC(C)CCCCCCCCCCCCCCC(=O)O.CCN(CC)CCN. The lowest BCUT2D eigenvalue weighted by atomic mass is 10.0. The van der Waals surface area contributed by atoms with Gasteiger partial charge in [0.25, 0.3) is 0 Å². The van der Waals surface area contributed by atoms with E-state index in [4.69, 9.17) is 10.8 Å². The van der Waals surface area contributed by atoms with Gasteiger partial charge in [0.15, 0.2) is 0 Å². The number of rotatable bonds is 19. The van der Waals surface area contributed by atoms with Crippen LogP contribution < -0.4 is 5.73 Å². The van der Waals surface area contributed by atoms with Gasteiger partial charge >= 0.3 is 5.97 Å². The van der Waals surface area contributed by atoms with Crippen LogP contribution in [0.2, 0.25) is 0 Å². The van der Waals surface area contributed by atoms with Crippen LogP contribution in [0.3, 0.4) is 0 Å². The molecule has 0 aromatic carbocycles. The van der Waals surface area contributed by atoms with Gasteiger partial charge in [0.1, 0.15) is 0 Å². The Hall–Kier alpha value is -0.610. The Morgan fingerprint density at radius 3 is 1.46 bits per heavy atom. The van der Waals surface area contributed by atoms with Crippen LogP contribution in [0, 0.1) is 5.92 Å². The topological polar surface area (TPSA) is 66.6 Å². The van der Waals surface area contributed by atoms with E-state index in [1.165, 1.54) is 70.6 Å². The van der Waals surface area contributed by atoms with Crippen LogP contribution in [0.25, 0.3) is 0 Å². The molecule has 0 aromatic heterocycles. The lowest BCUT2D eigenvalue weighted by Crippen LogP contribution is -2.28. The molecule has 0 aliphatic rings. The molecule has 0 aliphatic carbocycles. The standard InChI is InChI=1S/C18H36O2.C6H16N2/c1-17(2)15-13-11-9-7-5-3-4-6-8-10-12-14-16-18(19)20;1-3-8(4-2)6-5-7/h17H,3-16H2,1-2H3,(H,19,20);3-7H2,1-2H3. The van der Waals surface area contributed by atoms with Gasteiger partial charge < -0.3 is 15.7 Å². The molecule has 0 fully saturated rings. The Morgan fingerprint density at radius 1 is 0.786 bits per heavy atom. The molecule has 4 heteroatoms. The minimum Gasteiger partial charge on any atom is -0.481 e. The molecule has 0 spiro atoms. The molecule has 0 saturated carbocycles. The molecule has 0 bridgehead atoms. The zero-order valence-electron chi connectivity index (χ0n) is 19.7. The molecular formula is C24H52N2O2. The van der Waals surface area contributed by atoms with Crippen molar-refractivity contribution in [3.05, 3.63) is 0 Å². The van der Waals surface area contributed by atoms with E-state index >= 15 is 0 Å². The lowest BCUT2D eigenvalue weighted by Gasteiger charge is -2.15. The van der Waals surface area contributed by atoms with E-state index in [2.05, 4.69) is 32.6 Å². The second-order valence-corrected chi connectivity index (χ2v) is 8.38. The monoisotopic (exact) mass is 400 g/mol. The molecule has 0 heterocycles. The van der Waals surface area contributed by atoms with Crippen LogP contribution in [-0.2, 0) is 4.79 Å². The minimum atomic E-state index is -0.654. The summed E-state index contributed by atoms with van der Waals surface area (Å²) in [5.74, 6) is 0.212. The molecular weight excluding hydrogens is 348 g/mol. The average Bonchev–Trinajstić information content (AvgIpc) is 2.66. The van der Waals surface area contributed by atoms with Gasteiger partial charge in [0.2, 0.25) is 0 Å². The molecule has 4 nitrogen and oxygen atoms in total. The van der Waals surface area contributed by atoms with E-state index in [1.807, 2.05) is 0 Å². The van der Waals surface area contributed by atoms with E-state index in [-0.39, 0.29) is 0 Å².